The fraction of sp³-hybridized carbons (Fsp3) is 0.100. The zero-order valence-corrected chi connectivity index (χ0v) is 31.4. The predicted octanol–water partition coefficient (Wildman–Crippen LogP) is 12.6. The van der Waals surface area contributed by atoms with Crippen molar-refractivity contribution in [2.45, 2.75) is 26.8 Å². The molecule has 0 N–H and O–H groups in total. The number of hydrogen-bond acceptors (Lipinski definition) is 3. The molecule has 4 nitrogen and oxygen atoms in total. The number of anilines is 2. The molecule has 1 heterocycles. The predicted molar refractivity (Wildman–Crippen MR) is 235 cm³/mol. The van der Waals surface area contributed by atoms with Gasteiger partial charge in [0.15, 0.2) is 5.84 Å². The van der Waals surface area contributed by atoms with E-state index in [1.165, 1.54) is 33.4 Å². The van der Waals surface area contributed by atoms with Crippen LogP contribution in [-0.2, 0) is 13.0 Å². The van der Waals surface area contributed by atoms with Gasteiger partial charge in [-0.3, -0.25) is 9.98 Å². The van der Waals surface area contributed by atoms with Crippen LogP contribution in [0.25, 0.3) is 16.7 Å². The Hall–Kier alpha value is -6.65. The average molecular weight is 705 g/mol. The van der Waals surface area contributed by atoms with Crippen molar-refractivity contribution in [1.29, 1.82) is 0 Å². The molecule has 1 aliphatic heterocycles. The van der Waals surface area contributed by atoms with Crippen molar-refractivity contribution in [2.75, 3.05) is 11.4 Å². The number of rotatable bonds is 8. The van der Waals surface area contributed by atoms with Gasteiger partial charge in [0.2, 0.25) is 0 Å². The SMILES string of the molecule is C=C/C=C(\C=C/C)CN=C.C=NC(=NCc1cccc(N2/C=C(C)\C=C3\Cc4ccccc4-c4cccc2c4C3=C)c1)c1ccccc1.c1ccccc1. The Labute approximate surface area is 321 Å². The van der Waals surface area contributed by atoms with Crippen molar-refractivity contribution in [3.8, 4) is 11.1 Å². The summed E-state index contributed by atoms with van der Waals surface area (Å²) in [5.41, 5.74) is 14.0. The van der Waals surface area contributed by atoms with Crippen LogP contribution in [0.4, 0.5) is 11.4 Å². The van der Waals surface area contributed by atoms with Crippen molar-refractivity contribution in [3.63, 3.8) is 0 Å². The second kappa shape index (κ2) is 19.8. The molecule has 54 heavy (non-hydrogen) atoms. The molecule has 0 amide bonds. The molecular formula is C50H48N4. The summed E-state index contributed by atoms with van der Waals surface area (Å²) < 4.78 is 0. The summed E-state index contributed by atoms with van der Waals surface area (Å²) in [7, 11) is 0. The van der Waals surface area contributed by atoms with E-state index < -0.39 is 0 Å². The second-order valence-corrected chi connectivity index (χ2v) is 12.8. The van der Waals surface area contributed by atoms with E-state index in [0.717, 1.165) is 40.1 Å². The van der Waals surface area contributed by atoms with E-state index in [0.29, 0.717) is 18.9 Å². The second-order valence-electron chi connectivity index (χ2n) is 12.8. The first-order valence-corrected chi connectivity index (χ1v) is 18.1. The summed E-state index contributed by atoms with van der Waals surface area (Å²) >= 11 is 0. The van der Waals surface area contributed by atoms with Gasteiger partial charge in [0.25, 0.3) is 0 Å². The molecule has 5 aromatic carbocycles. The topological polar surface area (TPSA) is 40.3 Å². The van der Waals surface area contributed by atoms with Crippen molar-refractivity contribution in [1.82, 2.24) is 0 Å². The molecule has 2 aliphatic rings. The molecule has 0 atom stereocenters. The zero-order chi connectivity index (χ0) is 38.1. The Morgan fingerprint density at radius 1 is 0.796 bits per heavy atom. The van der Waals surface area contributed by atoms with Crippen LogP contribution >= 0.6 is 0 Å². The lowest BCUT2D eigenvalue weighted by Crippen LogP contribution is -2.14. The van der Waals surface area contributed by atoms with Gasteiger partial charge in [0, 0.05) is 23.0 Å². The Bertz CT molecular complexity index is 2210. The van der Waals surface area contributed by atoms with E-state index in [9.17, 15) is 0 Å². The van der Waals surface area contributed by atoms with Crippen LogP contribution in [0, 0.1) is 0 Å². The van der Waals surface area contributed by atoms with Crippen molar-refractivity contribution in [2.24, 2.45) is 15.0 Å². The van der Waals surface area contributed by atoms with Crippen LogP contribution in [0.15, 0.2) is 215 Å². The first kappa shape index (κ1) is 38.6. The fourth-order valence-electron chi connectivity index (χ4n) is 6.46. The van der Waals surface area contributed by atoms with Gasteiger partial charge in [0.05, 0.1) is 18.8 Å². The molecule has 0 saturated carbocycles. The number of hydrogen-bond donors (Lipinski definition) is 0. The third-order valence-electron chi connectivity index (χ3n) is 8.87. The van der Waals surface area contributed by atoms with E-state index >= 15 is 0 Å². The number of nitrogens with zero attached hydrogens (tertiary/aromatic N) is 4. The van der Waals surface area contributed by atoms with Crippen LogP contribution in [0.3, 0.4) is 0 Å². The Kier molecular flexibility index (Phi) is 14.2. The number of benzene rings is 5. The Morgan fingerprint density at radius 2 is 1.46 bits per heavy atom. The largest absolute Gasteiger partial charge is 0.316 e. The van der Waals surface area contributed by atoms with Crippen LogP contribution in [0.2, 0.25) is 0 Å². The molecule has 0 radical (unpaired) electrons. The summed E-state index contributed by atoms with van der Waals surface area (Å²) in [6.45, 7) is 20.7. The highest BCUT2D eigenvalue weighted by Gasteiger charge is 2.26. The van der Waals surface area contributed by atoms with Gasteiger partial charge in [-0.05, 0) is 96.4 Å². The number of amidine groups is 1. The molecule has 0 unspecified atom stereocenters. The van der Waals surface area contributed by atoms with E-state index in [-0.39, 0.29) is 0 Å². The highest BCUT2D eigenvalue weighted by Crippen LogP contribution is 2.47. The van der Waals surface area contributed by atoms with Gasteiger partial charge >= 0.3 is 0 Å². The fourth-order valence-corrected chi connectivity index (χ4v) is 6.46. The summed E-state index contributed by atoms with van der Waals surface area (Å²) in [6, 6.07) is 45.8. The Balaban J connectivity index is 0.000000292. The highest BCUT2D eigenvalue weighted by molar-refractivity contribution is 6.01. The third-order valence-corrected chi connectivity index (χ3v) is 8.87. The first-order valence-electron chi connectivity index (χ1n) is 18.1. The Morgan fingerprint density at radius 3 is 2.15 bits per heavy atom. The lowest BCUT2D eigenvalue weighted by atomic mass is 9.90. The quantitative estimate of drug-likeness (QED) is 0.0900. The summed E-state index contributed by atoms with van der Waals surface area (Å²) in [5, 5.41) is 0. The molecule has 268 valence electrons. The minimum absolute atomic E-state index is 0.519. The zero-order valence-electron chi connectivity index (χ0n) is 31.4. The molecule has 0 spiro atoms. The maximum atomic E-state index is 4.77. The molecule has 0 fully saturated rings. The lowest BCUT2D eigenvalue weighted by molar-refractivity contribution is 1.06. The van der Waals surface area contributed by atoms with E-state index in [1.54, 1.807) is 6.08 Å². The van der Waals surface area contributed by atoms with Gasteiger partial charge in [-0.2, -0.15) is 0 Å². The van der Waals surface area contributed by atoms with E-state index in [2.05, 4.69) is 127 Å². The third kappa shape index (κ3) is 10.0. The number of allylic oxidation sites excluding steroid dienone is 7. The molecule has 2 bridgehead atoms. The highest BCUT2D eigenvalue weighted by atomic mass is 15.1. The minimum atomic E-state index is 0.519. The van der Waals surface area contributed by atoms with Gasteiger partial charge in [-0.1, -0.05) is 159 Å². The molecule has 5 aromatic rings. The normalized spacial score (nSPS) is 15.2. The van der Waals surface area contributed by atoms with Crippen molar-refractivity contribution in [3.05, 3.63) is 222 Å². The van der Waals surface area contributed by atoms with Gasteiger partial charge in [-0.25, -0.2) is 4.99 Å². The molecule has 1 aliphatic carbocycles. The van der Waals surface area contributed by atoms with Crippen LogP contribution in [-0.4, -0.2) is 25.8 Å². The minimum Gasteiger partial charge on any atom is -0.316 e. The van der Waals surface area contributed by atoms with Crippen LogP contribution in [0.1, 0.15) is 36.1 Å². The van der Waals surface area contributed by atoms with E-state index in [4.69, 9.17) is 4.99 Å². The monoisotopic (exact) mass is 704 g/mol. The molecular weight excluding hydrogens is 657 g/mol. The summed E-state index contributed by atoms with van der Waals surface area (Å²) in [6.07, 6.45) is 13.0. The van der Waals surface area contributed by atoms with Gasteiger partial charge < -0.3 is 4.90 Å². The maximum Gasteiger partial charge on any atom is 0.154 e. The van der Waals surface area contributed by atoms with Gasteiger partial charge in [-0.15, -0.1) is 0 Å². The molecule has 4 heteroatoms. The number of fused-ring (bicyclic) bond motifs is 3. The lowest BCUT2D eigenvalue weighted by Gasteiger charge is -2.28. The van der Waals surface area contributed by atoms with Gasteiger partial charge in [0.1, 0.15) is 0 Å². The number of aliphatic imine (C=N–C) groups is 3. The molecule has 0 saturated heterocycles. The van der Waals surface area contributed by atoms with Crippen molar-refractivity contribution >= 4 is 36.2 Å². The summed E-state index contributed by atoms with van der Waals surface area (Å²) in [5.74, 6) is 0.652. The van der Waals surface area contributed by atoms with Crippen molar-refractivity contribution < 1.29 is 0 Å². The van der Waals surface area contributed by atoms with E-state index in [1.807, 2.05) is 91.9 Å². The molecule has 7 rings (SSSR count). The van der Waals surface area contributed by atoms with Crippen LogP contribution in [0.5, 0.6) is 0 Å². The maximum absolute atomic E-state index is 4.77. The molecule has 0 aromatic heterocycles. The smallest absolute Gasteiger partial charge is 0.154 e. The first-order chi connectivity index (χ1) is 26.5. The van der Waals surface area contributed by atoms with Crippen LogP contribution < -0.4 is 4.90 Å². The summed E-state index contributed by atoms with van der Waals surface area (Å²) in [4.78, 5) is 15.0. The standard InChI is InChI=1S/C35H29N3.C9H13N.C6H6/c1-24-19-29-21-28-14-7-8-16-31(28)32-17-10-18-33(34(32)25(29)2)38(23-24)30-15-9-11-26(20-30)22-37-35(36-3)27-12-5-4-6-13-27;1-4-6-9(7-5-2)8-10-3;1-2-4-6-5-3-1/h4-20,23H,2-3,21-22H2,1H3;4-7H,1,3,8H2,2H3;1-6H/b24-23-,29-19-,37-35?;7-5-,9-6+;. The average Bonchev–Trinajstić information content (AvgIpc) is 3.33.